The first-order valence-electron chi connectivity index (χ1n) is 7.01. The Morgan fingerprint density at radius 2 is 2.28 bits per heavy atom. The van der Waals surface area contributed by atoms with Gasteiger partial charge in [0.25, 0.3) is 0 Å². The van der Waals surface area contributed by atoms with Gasteiger partial charge in [0, 0.05) is 38.8 Å². The topological polar surface area (TPSA) is 53.0 Å². The summed E-state index contributed by atoms with van der Waals surface area (Å²) in [5, 5.41) is 9.03. The van der Waals surface area contributed by atoms with Crippen LogP contribution in [0.25, 0.3) is 0 Å². The number of rotatable bonds is 6. The maximum atomic E-state index is 11.0. The Hall–Kier alpha value is -0.650. The Bertz CT molecular complexity index is 285. The predicted octanol–water partition coefficient (Wildman–Crippen LogP) is 0.646. The molecule has 5 nitrogen and oxygen atoms in total. The summed E-state index contributed by atoms with van der Waals surface area (Å²) < 4.78 is 5.24. The maximum absolute atomic E-state index is 11.0. The summed E-state index contributed by atoms with van der Waals surface area (Å²) in [6, 6.07) is 0.703. The van der Waals surface area contributed by atoms with Gasteiger partial charge in [0.15, 0.2) is 6.10 Å². The van der Waals surface area contributed by atoms with Gasteiger partial charge < -0.3 is 14.7 Å². The summed E-state index contributed by atoms with van der Waals surface area (Å²) in [6.07, 6.45) is 2.56. The zero-order valence-corrected chi connectivity index (χ0v) is 11.2. The maximum Gasteiger partial charge on any atom is 0.332 e. The molecule has 2 unspecified atom stereocenters. The van der Waals surface area contributed by atoms with Gasteiger partial charge in [0.1, 0.15) is 0 Å². The number of carbonyl (C=O) groups is 1. The van der Waals surface area contributed by atoms with E-state index in [1.807, 2.05) is 6.92 Å². The van der Waals surface area contributed by atoms with E-state index in [9.17, 15) is 4.79 Å². The summed E-state index contributed by atoms with van der Waals surface area (Å²) in [5.41, 5.74) is 0. The smallest absolute Gasteiger partial charge is 0.332 e. The van der Waals surface area contributed by atoms with Crippen molar-refractivity contribution in [1.82, 2.24) is 9.80 Å². The van der Waals surface area contributed by atoms with Crippen molar-refractivity contribution in [1.29, 1.82) is 0 Å². The first-order valence-corrected chi connectivity index (χ1v) is 7.01. The Labute approximate surface area is 109 Å². The van der Waals surface area contributed by atoms with Crippen LogP contribution in [-0.2, 0) is 9.53 Å². The molecular formula is C13H24N2O3. The van der Waals surface area contributed by atoms with E-state index in [4.69, 9.17) is 9.84 Å². The summed E-state index contributed by atoms with van der Waals surface area (Å²) in [6.45, 7) is 7.68. The minimum absolute atomic E-state index is 0.466. The molecule has 2 aliphatic heterocycles. The van der Waals surface area contributed by atoms with Crippen molar-refractivity contribution in [3.05, 3.63) is 0 Å². The van der Waals surface area contributed by atoms with Crippen LogP contribution >= 0.6 is 0 Å². The van der Waals surface area contributed by atoms with Crippen LogP contribution in [0.3, 0.4) is 0 Å². The Morgan fingerprint density at radius 3 is 3.00 bits per heavy atom. The molecule has 2 heterocycles. The van der Waals surface area contributed by atoms with Gasteiger partial charge >= 0.3 is 5.97 Å². The van der Waals surface area contributed by atoms with Gasteiger partial charge in [-0.1, -0.05) is 0 Å². The minimum atomic E-state index is -0.837. The van der Waals surface area contributed by atoms with Crippen molar-refractivity contribution >= 4 is 5.97 Å². The fourth-order valence-corrected chi connectivity index (χ4v) is 3.04. The zero-order chi connectivity index (χ0) is 13.0. The lowest BCUT2D eigenvalue weighted by atomic mass is 10.1. The Morgan fingerprint density at radius 1 is 1.44 bits per heavy atom. The van der Waals surface area contributed by atoms with Gasteiger partial charge in [-0.25, -0.2) is 4.79 Å². The number of piperazine rings is 1. The molecule has 0 bridgehead atoms. The molecule has 2 rings (SSSR count). The second-order valence-corrected chi connectivity index (χ2v) is 5.20. The fraction of sp³-hybridized carbons (Fsp3) is 0.923. The largest absolute Gasteiger partial charge is 0.479 e. The second-order valence-electron chi connectivity index (χ2n) is 5.20. The summed E-state index contributed by atoms with van der Waals surface area (Å²) in [4.78, 5) is 15.9. The number of carboxylic acids is 1. The quantitative estimate of drug-likeness (QED) is 0.756. The lowest BCUT2D eigenvalue weighted by Gasteiger charge is -2.37. The normalized spacial score (nSPS) is 27.1. The fourth-order valence-electron chi connectivity index (χ4n) is 3.04. The Kier molecular flexibility index (Phi) is 4.97. The SMILES string of the molecule is CCOC(CCN1CCN2CCCC2C1)C(=O)O. The summed E-state index contributed by atoms with van der Waals surface area (Å²) in [5.74, 6) is -0.837. The third-order valence-corrected chi connectivity index (χ3v) is 4.02. The van der Waals surface area contributed by atoms with Gasteiger partial charge in [0.2, 0.25) is 0 Å². The predicted molar refractivity (Wildman–Crippen MR) is 68.7 cm³/mol. The monoisotopic (exact) mass is 256 g/mol. The number of fused-ring (bicyclic) bond motifs is 1. The van der Waals surface area contributed by atoms with Crippen molar-refractivity contribution in [2.45, 2.75) is 38.3 Å². The molecule has 0 aromatic heterocycles. The highest BCUT2D eigenvalue weighted by molar-refractivity contribution is 5.72. The van der Waals surface area contributed by atoms with Crippen LogP contribution in [-0.4, -0.2) is 72.4 Å². The standard InChI is InChI=1S/C13H24N2O3/c1-2-18-12(13(16)17)5-7-14-8-9-15-6-3-4-11(15)10-14/h11-12H,2-10H2,1H3,(H,16,17). The van der Waals surface area contributed by atoms with Crippen molar-refractivity contribution in [3.63, 3.8) is 0 Å². The van der Waals surface area contributed by atoms with E-state index in [1.54, 1.807) is 0 Å². The van der Waals surface area contributed by atoms with Crippen LogP contribution in [0.2, 0.25) is 0 Å². The molecule has 2 fully saturated rings. The highest BCUT2D eigenvalue weighted by Crippen LogP contribution is 2.21. The molecule has 0 radical (unpaired) electrons. The molecule has 0 aromatic carbocycles. The lowest BCUT2D eigenvalue weighted by molar-refractivity contribution is -0.150. The molecular weight excluding hydrogens is 232 g/mol. The van der Waals surface area contributed by atoms with Gasteiger partial charge in [-0.2, -0.15) is 0 Å². The highest BCUT2D eigenvalue weighted by Gasteiger charge is 2.30. The number of carboxylic acid groups (broad SMARTS) is 1. The van der Waals surface area contributed by atoms with Crippen molar-refractivity contribution in [3.8, 4) is 0 Å². The van der Waals surface area contributed by atoms with E-state index in [0.717, 1.165) is 26.2 Å². The molecule has 0 aromatic rings. The summed E-state index contributed by atoms with van der Waals surface area (Å²) in [7, 11) is 0. The average molecular weight is 256 g/mol. The molecule has 1 N–H and O–H groups in total. The van der Waals surface area contributed by atoms with Gasteiger partial charge in [0.05, 0.1) is 0 Å². The van der Waals surface area contributed by atoms with Crippen LogP contribution in [0.4, 0.5) is 0 Å². The van der Waals surface area contributed by atoms with Crippen LogP contribution < -0.4 is 0 Å². The van der Waals surface area contributed by atoms with E-state index in [1.165, 1.54) is 19.4 Å². The third kappa shape index (κ3) is 3.43. The number of ether oxygens (including phenoxy) is 1. The van der Waals surface area contributed by atoms with Gasteiger partial charge in [-0.3, -0.25) is 4.90 Å². The van der Waals surface area contributed by atoms with Crippen LogP contribution in [0.15, 0.2) is 0 Å². The van der Waals surface area contributed by atoms with E-state index < -0.39 is 12.1 Å². The number of hydrogen-bond acceptors (Lipinski definition) is 4. The van der Waals surface area contributed by atoms with Crippen LogP contribution in [0.5, 0.6) is 0 Å². The molecule has 2 aliphatic rings. The summed E-state index contributed by atoms with van der Waals surface area (Å²) >= 11 is 0. The molecule has 2 saturated heterocycles. The van der Waals surface area contributed by atoms with Crippen LogP contribution in [0.1, 0.15) is 26.2 Å². The van der Waals surface area contributed by atoms with Crippen molar-refractivity contribution < 1.29 is 14.6 Å². The molecule has 104 valence electrons. The lowest BCUT2D eigenvalue weighted by Crippen LogP contribution is -2.50. The van der Waals surface area contributed by atoms with Gasteiger partial charge in [-0.15, -0.1) is 0 Å². The number of aliphatic carboxylic acids is 1. The third-order valence-electron chi connectivity index (χ3n) is 4.02. The molecule has 0 aliphatic carbocycles. The average Bonchev–Trinajstić information content (AvgIpc) is 2.81. The van der Waals surface area contributed by atoms with Crippen molar-refractivity contribution in [2.24, 2.45) is 0 Å². The zero-order valence-electron chi connectivity index (χ0n) is 11.2. The first-order chi connectivity index (χ1) is 8.70. The highest BCUT2D eigenvalue weighted by atomic mass is 16.5. The number of nitrogens with zero attached hydrogens (tertiary/aromatic N) is 2. The number of hydrogen-bond donors (Lipinski definition) is 1. The molecule has 0 amide bonds. The van der Waals surface area contributed by atoms with Crippen molar-refractivity contribution in [2.75, 3.05) is 39.3 Å². The van der Waals surface area contributed by atoms with Gasteiger partial charge in [-0.05, 0) is 32.7 Å². The molecule has 0 spiro atoms. The molecule has 0 saturated carbocycles. The van der Waals surface area contributed by atoms with E-state index >= 15 is 0 Å². The molecule has 2 atom stereocenters. The van der Waals surface area contributed by atoms with Crippen LogP contribution in [0, 0.1) is 0 Å². The van der Waals surface area contributed by atoms with E-state index in [-0.39, 0.29) is 0 Å². The first kappa shape index (κ1) is 13.8. The second kappa shape index (κ2) is 6.50. The molecule has 5 heteroatoms. The minimum Gasteiger partial charge on any atom is -0.479 e. The van der Waals surface area contributed by atoms with E-state index in [0.29, 0.717) is 19.1 Å². The molecule has 18 heavy (non-hydrogen) atoms. The Balaban J connectivity index is 1.74. The van der Waals surface area contributed by atoms with E-state index in [2.05, 4.69) is 9.80 Å².